The molecule has 0 unspecified atom stereocenters. The van der Waals surface area contributed by atoms with Gasteiger partial charge in [0.05, 0.1) is 26.3 Å². The molecule has 0 atom stereocenters. The average molecular weight is 356 g/mol. The third-order valence-corrected chi connectivity index (χ3v) is 3.48. The molecule has 6 heteroatoms. The molecule has 138 valence electrons. The van der Waals surface area contributed by atoms with E-state index in [9.17, 15) is 10.2 Å². The van der Waals surface area contributed by atoms with E-state index >= 15 is 0 Å². The second-order valence-corrected chi connectivity index (χ2v) is 5.32. The molecule has 2 N–H and O–H groups in total. The number of aromatic hydroxyl groups is 2. The second kappa shape index (κ2) is 10.1. The first-order chi connectivity index (χ1) is 12.7. The minimum Gasteiger partial charge on any atom is -0.504 e. The van der Waals surface area contributed by atoms with Crippen molar-refractivity contribution >= 4 is 12.4 Å². The Morgan fingerprint density at radius 2 is 1.19 bits per heavy atom. The Kier molecular flexibility index (Phi) is 7.49. The summed E-state index contributed by atoms with van der Waals surface area (Å²) in [5.41, 5.74) is 1.20. The Hall–Kier alpha value is -3.02. The number of para-hydroxylation sites is 2. The molecule has 0 aromatic heterocycles. The lowest BCUT2D eigenvalue weighted by Gasteiger charge is -2.07. The van der Waals surface area contributed by atoms with E-state index in [0.29, 0.717) is 48.9 Å². The lowest BCUT2D eigenvalue weighted by molar-refractivity contribution is 0.318. The van der Waals surface area contributed by atoms with Gasteiger partial charge >= 0.3 is 0 Å². The minimum atomic E-state index is 0.0827. The van der Waals surface area contributed by atoms with Crippen LogP contribution in [0.3, 0.4) is 0 Å². The van der Waals surface area contributed by atoms with Crippen molar-refractivity contribution in [1.82, 2.24) is 0 Å². The Labute approximate surface area is 153 Å². The topological polar surface area (TPSA) is 83.6 Å². The third-order valence-electron chi connectivity index (χ3n) is 3.48. The Morgan fingerprint density at radius 3 is 1.58 bits per heavy atom. The molecular formula is C20H24N2O4. The van der Waals surface area contributed by atoms with Gasteiger partial charge in [0.2, 0.25) is 0 Å². The number of nitrogens with zero attached hydrogens (tertiary/aromatic N) is 2. The predicted octanol–water partition coefficient (Wildman–Crippen LogP) is 3.43. The van der Waals surface area contributed by atoms with Crippen molar-refractivity contribution in [3.05, 3.63) is 47.5 Å². The highest BCUT2D eigenvalue weighted by Crippen LogP contribution is 2.29. The van der Waals surface area contributed by atoms with Gasteiger partial charge in [0.15, 0.2) is 23.0 Å². The number of rotatable bonds is 9. The smallest absolute Gasteiger partial charge is 0.166 e. The van der Waals surface area contributed by atoms with Crippen molar-refractivity contribution < 1.29 is 19.7 Å². The van der Waals surface area contributed by atoms with Crippen LogP contribution in [-0.2, 0) is 0 Å². The summed E-state index contributed by atoms with van der Waals surface area (Å²) >= 11 is 0. The van der Waals surface area contributed by atoms with E-state index in [2.05, 4.69) is 9.98 Å². The molecule has 0 aliphatic rings. The van der Waals surface area contributed by atoms with Crippen LogP contribution >= 0.6 is 0 Å². The average Bonchev–Trinajstić information content (AvgIpc) is 2.64. The van der Waals surface area contributed by atoms with Gasteiger partial charge in [0.25, 0.3) is 0 Å². The fourth-order valence-electron chi connectivity index (χ4n) is 2.27. The monoisotopic (exact) mass is 356 g/mol. The number of phenols is 2. The molecule has 2 rings (SSSR count). The molecule has 0 bridgehead atoms. The van der Waals surface area contributed by atoms with Crippen LogP contribution < -0.4 is 9.47 Å². The van der Waals surface area contributed by atoms with Gasteiger partial charge in [-0.2, -0.15) is 0 Å². The molecule has 2 aromatic rings. The first-order valence-corrected chi connectivity index (χ1v) is 8.56. The lowest BCUT2D eigenvalue weighted by atomic mass is 10.2. The van der Waals surface area contributed by atoms with Gasteiger partial charge in [-0.25, -0.2) is 0 Å². The van der Waals surface area contributed by atoms with Gasteiger partial charge < -0.3 is 19.7 Å². The molecule has 26 heavy (non-hydrogen) atoms. The van der Waals surface area contributed by atoms with Crippen molar-refractivity contribution in [3.8, 4) is 23.0 Å². The highest BCUT2D eigenvalue weighted by molar-refractivity contribution is 5.85. The Morgan fingerprint density at radius 1 is 0.769 bits per heavy atom. The predicted molar refractivity (Wildman–Crippen MR) is 103 cm³/mol. The number of hydrogen-bond acceptors (Lipinski definition) is 6. The van der Waals surface area contributed by atoms with Crippen LogP contribution in [0.5, 0.6) is 23.0 Å². The largest absolute Gasteiger partial charge is 0.504 e. The van der Waals surface area contributed by atoms with E-state index in [1.165, 1.54) is 0 Å². The molecule has 2 aromatic carbocycles. The maximum absolute atomic E-state index is 10.1. The van der Waals surface area contributed by atoms with Crippen LogP contribution in [0.4, 0.5) is 0 Å². The fourth-order valence-corrected chi connectivity index (χ4v) is 2.27. The summed E-state index contributed by atoms with van der Waals surface area (Å²) in [7, 11) is 0. The van der Waals surface area contributed by atoms with Gasteiger partial charge in [0, 0.05) is 23.6 Å². The van der Waals surface area contributed by atoms with Crippen molar-refractivity contribution in [1.29, 1.82) is 0 Å². The summed E-state index contributed by atoms with van der Waals surface area (Å²) < 4.78 is 10.7. The van der Waals surface area contributed by atoms with Crippen LogP contribution in [0.1, 0.15) is 25.0 Å². The molecule has 0 aliphatic heterocycles. The van der Waals surface area contributed by atoms with E-state index in [1.807, 2.05) is 13.8 Å². The number of hydrogen-bond donors (Lipinski definition) is 2. The van der Waals surface area contributed by atoms with E-state index in [-0.39, 0.29) is 11.5 Å². The maximum atomic E-state index is 10.1. The number of benzene rings is 2. The molecule has 0 radical (unpaired) electrons. The fraction of sp³-hybridized carbons (Fsp3) is 0.300. The first kappa shape index (κ1) is 19.3. The zero-order chi connectivity index (χ0) is 18.8. The molecule has 6 nitrogen and oxygen atoms in total. The summed E-state index contributed by atoms with van der Waals surface area (Å²) in [5.74, 6) is 1.05. The van der Waals surface area contributed by atoms with Gasteiger partial charge in [-0.3, -0.25) is 9.98 Å². The Balaban J connectivity index is 1.91. The molecule has 0 saturated carbocycles. The van der Waals surface area contributed by atoms with Crippen molar-refractivity contribution in [2.45, 2.75) is 13.8 Å². The number of ether oxygens (including phenoxy) is 2. The van der Waals surface area contributed by atoms with Crippen LogP contribution in [0.25, 0.3) is 0 Å². The second-order valence-electron chi connectivity index (χ2n) is 5.32. The summed E-state index contributed by atoms with van der Waals surface area (Å²) in [6.07, 6.45) is 3.20. The van der Waals surface area contributed by atoms with Crippen LogP contribution in [0.2, 0.25) is 0 Å². The molecule has 0 heterocycles. The summed E-state index contributed by atoms with van der Waals surface area (Å²) in [6.45, 7) is 5.61. The number of aliphatic imine (C=N–C) groups is 2. The van der Waals surface area contributed by atoms with Crippen molar-refractivity contribution in [2.75, 3.05) is 26.3 Å². The Bertz CT molecular complexity index is 707. The maximum Gasteiger partial charge on any atom is 0.166 e. The van der Waals surface area contributed by atoms with Gasteiger partial charge in [0.1, 0.15) is 0 Å². The van der Waals surface area contributed by atoms with Gasteiger partial charge in [-0.1, -0.05) is 12.1 Å². The standard InChI is InChI=1S/C20H24N2O4/c1-3-25-17-9-5-7-15(19(17)23)13-21-11-12-22-14-16-8-6-10-18(20(16)24)26-4-2/h5-10,13-14,23-24H,3-4,11-12H2,1-2H3. The van der Waals surface area contributed by atoms with E-state index in [4.69, 9.17) is 9.47 Å². The lowest BCUT2D eigenvalue weighted by Crippen LogP contribution is -1.95. The summed E-state index contributed by atoms with van der Waals surface area (Å²) in [6, 6.07) is 10.6. The summed E-state index contributed by atoms with van der Waals surface area (Å²) in [5, 5.41) is 20.2. The van der Waals surface area contributed by atoms with Gasteiger partial charge in [-0.05, 0) is 38.1 Å². The zero-order valence-corrected chi connectivity index (χ0v) is 15.1. The van der Waals surface area contributed by atoms with Crippen LogP contribution in [0.15, 0.2) is 46.4 Å². The first-order valence-electron chi connectivity index (χ1n) is 8.56. The molecule has 0 aliphatic carbocycles. The van der Waals surface area contributed by atoms with E-state index in [0.717, 1.165) is 0 Å². The van der Waals surface area contributed by atoms with E-state index < -0.39 is 0 Å². The van der Waals surface area contributed by atoms with Crippen molar-refractivity contribution in [3.63, 3.8) is 0 Å². The van der Waals surface area contributed by atoms with Crippen LogP contribution in [-0.4, -0.2) is 48.9 Å². The minimum absolute atomic E-state index is 0.0827. The van der Waals surface area contributed by atoms with E-state index in [1.54, 1.807) is 48.8 Å². The quantitative estimate of drug-likeness (QED) is 0.532. The van der Waals surface area contributed by atoms with Crippen molar-refractivity contribution in [2.24, 2.45) is 9.98 Å². The summed E-state index contributed by atoms with van der Waals surface area (Å²) in [4.78, 5) is 8.53. The zero-order valence-electron chi connectivity index (χ0n) is 15.1. The third kappa shape index (κ3) is 5.24. The highest BCUT2D eigenvalue weighted by atomic mass is 16.5. The molecular weight excluding hydrogens is 332 g/mol. The normalized spacial score (nSPS) is 11.3. The molecule has 0 fully saturated rings. The molecule has 0 saturated heterocycles. The number of phenolic OH excluding ortho intramolecular Hbond substituents is 2. The molecule has 0 amide bonds. The van der Waals surface area contributed by atoms with Crippen LogP contribution in [0, 0.1) is 0 Å². The molecule has 0 spiro atoms. The van der Waals surface area contributed by atoms with Gasteiger partial charge in [-0.15, -0.1) is 0 Å². The highest BCUT2D eigenvalue weighted by Gasteiger charge is 2.06. The SMILES string of the molecule is CCOc1cccc(C=NCCN=Cc2cccc(OCC)c2O)c1O.